The Kier molecular flexibility index (Phi) is 5.07. The van der Waals surface area contributed by atoms with Gasteiger partial charge < -0.3 is 10.1 Å². The molecule has 0 aromatic carbocycles. The summed E-state index contributed by atoms with van der Waals surface area (Å²) in [5.41, 5.74) is 0.287. The molecule has 0 spiro atoms. The topological polar surface area (TPSA) is 21.3 Å². The van der Waals surface area contributed by atoms with Crippen LogP contribution in [-0.4, -0.2) is 24.8 Å². The maximum absolute atomic E-state index is 5.46. The van der Waals surface area contributed by atoms with Crippen molar-refractivity contribution in [2.75, 3.05) is 7.11 Å². The molecule has 2 heteroatoms. The summed E-state index contributed by atoms with van der Waals surface area (Å²) in [6.07, 6.45) is 8.02. The minimum Gasteiger partial charge on any atom is -0.381 e. The van der Waals surface area contributed by atoms with E-state index in [9.17, 15) is 0 Å². The van der Waals surface area contributed by atoms with Gasteiger partial charge in [-0.25, -0.2) is 0 Å². The normalized spacial score (nSPS) is 28.0. The molecule has 90 valence electrons. The van der Waals surface area contributed by atoms with Crippen LogP contribution < -0.4 is 5.32 Å². The highest BCUT2D eigenvalue weighted by Gasteiger charge is 2.26. The lowest BCUT2D eigenvalue weighted by atomic mass is 9.89. The van der Waals surface area contributed by atoms with Crippen molar-refractivity contribution in [3.8, 4) is 0 Å². The van der Waals surface area contributed by atoms with E-state index in [1.165, 1.54) is 38.5 Å². The van der Waals surface area contributed by atoms with Crippen molar-refractivity contribution in [2.45, 2.75) is 77.0 Å². The van der Waals surface area contributed by atoms with Crippen molar-refractivity contribution in [3.63, 3.8) is 0 Å². The van der Waals surface area contributed by atoms with Crippen LogP contribution in [0.3, 0.4) is 0 Å². The van der Waals surface area contributed by atoms with Crippen LogP contribution in [0.5, 0.6) is 0 Å². The quantitative estimate of drug-likeness (QED) is 0.757. The average molecular weight is 213 g/mol. The summed E-state index contributed by atoms with van der Waals surface area (Å²) in [6, 6.07) is 0.658. The molecule has 2 nitrogen and oxygen atoms in total. The highest BCUT2D eigenvalue weighted by atomic mass is 16.5. The molecule has 2 unspecified atom stereocenters. The number of methoxy groups -OCH3 is 1. The first-order valence-electron chi connectivity index (χ1n) is 6.38. The van der Waals surface area contributed by atoms with Crippen LogP contribution in [0.25, 0.3) is 0 Å². The van der Waals surface area contributed by atoms with Crippen LogP contribution in [0.2, 0.25) is 0 Å². The molecule has 1 aliphatic rings. The zero-order valence-corrected chi connectivity index (χ0v) is 10.8. The van der Waals surface area contributed by atoms with Gasteiger partial charge in [0.1, 0.15) is 0 Å². The third-order valence-corrected chi connectivity index (χ3v) is 3.43. The first-order chi connectivity index (χ1) is 7.07. The molecule has 1 rings (SSSR count). The highest BCUT2D eigenvalue weighted by molar-refractivity contribution is 4.86. The molecule has 0 saturated heterocycles. The van der Waals surface area contributed by atoms with E-state index in [0.717, 1.165) is 0 Å². The number of ether oxygens (including phenoxy) is 1. The van der Waals surface area contributed by atoms with Crippen LogP contribution in [0.15, 0.2) is 0 Å². The molecule has 1 aliphatic carbocycles. The number of rotatable bonds is 5. The molecule has 2 atom stereocenters. The summed E-state index contributed by atoms with van der Waals surface area (Å²) in [4.78, 5) is 0. The molecule has 0 amide bonds. The summed E-state index contributed by atoms with van der Waals surface area (Å²) in [6.45, 7) is 6.88. The Bertz CT molecular complexity index is 179. The second-order valence-corrected chi connectivity index (χ2v) is 5.50. The van der Waals surface area contributed by atoms with Crippen LogP contribution in [-0.2, 0) is 4.74 Å². The van der Waals surface area contributed by atoms with Gasteiger partial charge >= 0.3 is 0 Å². The van der Waals surface area contributed by atoms with Crippen molar-refractivity contribution >= 4 is 0 Å². The summed E-state index contributed by atoms with van der Waals surface area (Å²) < 4.78 is 5.46. The fraction of sp³-hybridized carbons (Fsp3) is 1.00. The van der Waals surface area contributed by atoms with Gasteiger partial charge in [-0.1, -0.05) is 13.3 Å². The van der Waals surface area contributed by atoms with E-state index in [4.69, 9.17) is 4.74 Å². The minimum atomic E-state index is 0.287. The Morgan fingerprint density at radius 1 is 1.33 bits per heavy atom. The number of hydrogen-bond acceptors (Lipinski definition) is 2. The highest BCUT2D eigenvalue weighted by Crippen LogP contribution is 2.23. The minimum absolute atomic E-state index is 0.287. The lowest BCUT2D eigenvalue weighted by Gasteiger charge is -2.36. The molecular formula is C13H27NO. The largest absolute Gasteiger partial charge is 0.381 e. The van der Waals surface area contributed by atoms with Gasteiger partial charge in [0.15, 0.2) is 0 Å². The molecule has 1 fully saturated rings. The Morgan fingerprint density at radius 2 is 2.07 bits per heavy atom. The Balaban J connectivity index is 2.36. The molecule has 0 heterocycles. The SMILES string of the molecule is CCCC(C)(C)NC1CCCC(OC)C1. The van der Waals surface area contributed by atoms with E-state index < -0.39 is 0 Å². The smallest absolute Gasteiger partial charge is 0.0586 e. The number of hydrogen-bond donors (Lipinski definition) is 1. The second kappa shape index (κ2) is 5.86. The standard InChI is InChI=1S/C13H27NO/c1-5-9-13(2,3)14-11-7-6-8-12(10-11)15-4/h11-12,14H,5-10H2,1-4H3. The molecule has 15 heavy (non-hydrogen) atoms. The molecule has 0 bridgehead atoms. The third kappa shape index (κ3) is 4.52. The van der Waals surface area contributed by atoms with Crippen molar-refractivity contribution < 1.29 is 4.74 Å². The molecule has 0 aromatic heterocycles. The van der Waals surface area contributed by atoms with E-state index in [1.54, 1.807) is 0 Å². The van der Waals surface area contributed by atoms with E-state index in [1.807, 2.05) is 7.11 Å². The third-order valence-electron chi connectivity index (χ3n) is 3.43. The molecule has 0 aromatic rings. The van der Waals surface area contributed by atoms with Crippen molar-refractivity contribution in [2.24, 2.45) is 0 Å². The predicted octanol–water partition coefficient (Wildman–Crippen LogP) is 3.11. The maximum Gasteiger partial charge on any atom is 0.0586 e. The van der Waals surface area contributed by atoms with Crippen LogP contribution in [0.4, 0.5) is 0 Å². The van der Waals surface area contributed by atoms with Gasteiger partial charge in [-0.15, -0.1) is 0 Å². The molecule has 1 saturated carbocycles. The first-order valence-corrected chi connectivity index (χ1v) is 6.38. The first kappa shape index (κ1) is 13.0. The fourth-order valence-electron chi connectivity index (χ4n) is 2.74. The van der Waals surface area contributed by atoms with Gasteiger partial charge in [-0.2, -0.15) is 0 Å². The Labute approximate surface area is 94.8 Å². The van der Waals surface area contributed by atoms with Gasteiger partial charge in [-0.3, -0.25) is 0 Å². The lowest BCUT2D eigenvalue weighted by Crippen LogP contribution is -2.48. The summed E-state index contributed by atoms with van der Waals surface area (Å²) in [5, 5.41) is 3.78. The zero-order valence-electron chi connectivity index (χ0n) is 10.8. The van der Waals surface area contributed by atoms with Crippen LogP contribution >= 0.6 is 0 Å². The van der Waals surface area contributed by atoms with E-state index in [2.05, 4.69) is 26.1 Å². The van der Waals surface area contributed by atoms with Gasteiger partial charge in [0, 0.05) is 18.7 Å². The molecular weight excluding hydrogens is 186 g/mol. The summed E-state index contributed by atoms with van der Waals surface area (Å²) in [5.74, 6) is 0. The Hall–Kier alpha value is -0.0800. The molecule has 1 N–H and O–H groups in total. The molecule has 0 radical (unpaired) electrons. The van der Waals surface area contributed by atoms with Crippen molar-refractivity contribution in [1.29, 1.82) is 0 Å². The van der Waals surface area contributed by atoms with E-state index >= 15 is 0 Å². The van der Waals surface area contributed by atoms with E-state index in [-0.39, 0.29) is 5.54 Å². The van der Waals surface area contributed by atoms with Crippen molar-refractivity contribution in [1.82, 2.24) is 5.32 Å². The van der Waals surface area contributed by atoms with Gasteiger partial charge in [-0.05, 0) is 46.0 Å². The lowest BCUT2D eigenvalue weighted by molar-refractivity contribution is 0.0535. The van der Waals surface area contributed by atoms with Crippen LogP contribution in [0, 0.1) is 0 Å². The molecule has 0 aliphatic heterocycles. The predicted molar refractivity (Wildman–Crippen MR) is 65.2 cm³/mol. The second-order valence-electron chi connectivity index (χ2n) is 5.50. The number of nitrogens with one attached hydrogen (secondary N) is 1. The zero-order chi connectivity index (χ0) is 11.3. The monoisotopic (exact) mass is 213 g/mol. The Morgan fingerprint density at radius 3 is 2.67 bits per heavy atom. The fourth-order valence-corrected chi connectivity index (χ4v) is 2.74. The van der Waals surface area contributed by atoms with Gasteiger partial charge in [0.2, 0.25) is 0 Å². The van der Waals surface area contributed by atoms with Gasteiger partial charge in [0.05, 0.1) is 6.10 Å². The van der Waals surface area contributed by atoms with Crippen LogP contribution in [0.1, 0.15) is 59.3 Å². The van der Waals surface area contributed by atoms with Gasteiger partial charge in [0.25, 0.3) is 0 Å². The van der Waals surface area contributed by atoms with Crippen molar-refractivity contribution in [3.05, 3.63) is 0 Å². The maximum atomic E-state index is 5.46. The average Bonchev–Trinajstić information content (AvgIpc) is 2.17. The summed E-state index contributed by atoms with van der Waals surface area (Å²) >= 11 is 0. The van der Waals surface area contributed by atoms with E-state index in [0.29, 0.717) is 12.1 Å². The summed E-state index contributed by atoms with van der Waals surface area (Å²) in [7, 11) is 1.84.